The smallest absolute Gasteiger partial charge is 0.295 e. The SMILES string of the molecule is CCOc1cccc(C2/C(=C(\O)c3cc(Cl)ccc3OC)C(=O)C(=O)N2CCOC)c1. The van der Waals surface area contributed by atoms with Crippen LogP contribution in [0.4, 0.5) is 0 Å². The maximum atomic E-state index is 13.0. The van der Waals surface area contributed by atoms with E-state index in [0.717, 1.165) is 0 Å². The first kappa shape index (κ1) is 22.7. The lowest BCUT2D eigenvalue weighted by Gasteiger charge is -2.25. The summed E-state index contributed by atoms with van der Waals surface area (Å²) in [7, 11) is 2.96. The molecule has 3 rings (SSSR count). The van der Waals surface area contributed by atoms with Gasteiger partial charge in [0.15, 0.2) is 0 Å². The molecule has 8 heteroatoms. The second-order valence-electron chi connectivity index (χ2n) is 6.84. The van der Waals surface area contributed by atoms with Crippen molar-refractivity contribution in [2.75, 3.05) is 34.0 Å². The number of hydrogen-bond acceptors (Lipinski definition) is 6. The number of rotatable bonds is 8. The first-order valence-corrected chi connectivity index (χ1v) is 10.1. The van der Waals surface area contributed by atoms with Crippen molar-refractivity contribution in [2.24, 2.45) is 0 Å². The topological polar surface area (TPSA) is 85.3 Å². The van der Waals surface area contributed by atoms with Gasteiger partial charge < -0.3 is 24.2 Å². The predicted octanol–water partition coefficient (Wildman–Crippen LogP) is 3.82. The van der Waals surface area contributed by atoms with E-state index in [1.165, 1.54) is 25.2 Å². The van der Waals surface area contributed by atoms with Gasteiger partial charge in [-0.05, 0) is 42.8 Å². The lowest BCUT2D eigenvalue weighted by molar-refractivity contribution is -0.140. The highest BCUT2D eigenvalue weighted by molar-refractivity contribution is 6.46. The normalized spacial score (nSPS) is 17.8. The van der Waals surface area contributed by atoms with E-state index in [9.17, 15) is 14.7 Å². The maximum absolute atomic E-state index is 13.0. The summed E-state index contributed by atoms with van der Waals surface area (Å²) in [5.41, 5.74) is 0.810. The second-order valence-corrected chi connectivity index (χ2v) is 7.27. The molecule has 1 aliphatic rings. The number of methoxy groups -OCH3 is 2. The molecule has 1 amide bonds. The highest BCUT2D eigenvalue weighted by atomic mass is 35.5. The van der Waals surface area contributed by atoms with E-state index in [-0.39, 0.29) is 30.0 Å². The van der Waals surface area contributed by atoms with Crippen LogP contribution in [0, 0.1) is 0 Å². The van der Waals surface area contributed by atoms with Crippen molar-refractivity contribution < 1.29 is 28.9 Å². The zero-order valence-corrected chi connectivity index (χ0v) is 18.3. The fourth-order valence-corrected chi connectivity index (χ4v) is 3.77. The first-order valence-electron chi connectivity index (χ1n) is 9.76. The van der Waals surface area contributed by atoms with Gasteiger partial charge in [-0.15, -0.1) is 0 Å². The molecule has 31 heavy (non-hydrogen) atoms. The van der Waals surface area contributed by atoms with Crippen molar-refractivity contribution in [3.8, 4) is 11.5 Å². The fraction of sp³-hybridized carbons (Fsp3) is 0.304. The highest BCUT2D eigenvalue weighted by Crippen LogP contribution is 2.41. The summed E-state index contributed by atoms with van der Waals surface area (Å²) in [6, 6.07) is 11.0. The van der Waals surface area contributed by atoms with Crippen LogP contribution < -0.4 is 9.47 Å². The number of carbonyl (C=O) groups is 2. The summed E-state index contributed by atoms with van der Waals surface area (Å²) in [5, 5.41) is 11.5. The second kappa shape index (κ2) is 9.85. The van der Waals surface area contributed by atoms with E-state index >= 15 is 0 Å². The zero-order valence-electron chi connectivity index (χ0n) is 17.6. The number of hydrogen-bond donors (Lipinski definition) is 1. The highest BCUT2D eigenvalue weighted by Gasteiger charge is 2.46. The van der Waals surface area contributed by atoms with Crippen molar-refractivity contribution in [1.29, 1.82) is 0 Å². The minimum atomic E-state index is -0.820. The third-order valence-electron chi connectivity index (χ3n) is 4.98. The minimum Gasteiger partial charge on any atom is -0.507 e. The molecule has 2 aromatic carbocycles. The van der Waals surface area contributed by atoms with Crippen molar-refractivity contribution in [3.05, 3.63) is 64.2 Å². The van der Waals surface area contributed by atoms with E-state index in [2.05, 4.69) is 0 Å². The number of nitrogens with zero attached hydrogens (tertiary/aromatic N) is 1. The molecule has 1 saturated heterocycles. The standard InChI is InChI=1S/C23H24ClNO6/c1-4-31-16-7-5-6-14(12-16)20-19(22(27)23(28)25(20)10-11-29-2)21(26)17-13-15(24)8-9-18(17)30-3/h5-9,12-13,20,26H,4,10-11H2,1-3H3/b21-19+. The average Bonchev–Trinajstić information content (AvgIpc) is 3.02. The molecule has 1 fully saturated rings. The number of halogens is 1. The average molecular weight is 446 g/mol. The molecule has 7 nitrogen and oxygen atoms in total. The van der Waals surface area contributed by atoms with Crippen molar-refractivity contribution in [2.45, 2.75) is 13.0 Å². The Bertz CT molecular complexity index is 1020. The molecule has 0 bridgehead atoms. The van der Waals surface area contributed by atoms with Crippen molar-refractivity contribution in [3.63, 3.8) is 0 Å². The number of aliphatic hydroxyl groups excluding tert-OH is 1. The van der Waals surface area contributed by atoms with Gasteiger partial charge in [0.05, 0.1) is 37.5 Å². The fourth-order valence-electron chi connectivity index (χ4n) is 3.60. The van der Waals surface area contributed by atoms with Crippen LogP contribution in [0.2, 0.25) is 5.02 Å². The molecule has 1 heterocycles. The van der Waals surface area contributed by atoms with E-state index in [0.29, 0.717) is 28.7 Å². The van der Waals surface area contributed by atoms with Crippen LogP contribution in [0.1, 0.15) is 24.1 Å². The number of benzene rings is 2. The Kier molecular flexibility index (Phi) is 7.20. The number of likely N-dealkylation sites (tertiary alicyclic amines) is 1. The van der Waals surface area contributed by atoms with Crippen LogP contribution >= 0.6 is 11.6 Å². The van der Waals surface area contributed by atoms with Crippen LogP contribution in [0.3, 0.4) is 0 Å². The van der Waals surface area contributed by atoms with E-state index in [4.69, 9.17) is 25.8 Å². The molecule has 1 N–H and O–H groups in total. The van der Waals surface area contributed by atoms with Gasteiger partial charge in [0.25, 0.3) is 11.7 Å². The summed E-state index contributed by atoms with van der Waals surface area (Å²) < 4.78 is 16.0. The number of amides is 1. The van der Waals surface area contributed by atoms with Crippen LogP contribution in [-0.4, -0.2) is 55.7 Å². The molecule has 0 radical (unpaired) electrons. The molecule has 164 valence electrons. The Morgan fingerprint density at radius 2 is 1.94 bits per heavy atom. The lowest BCUT2D eigenvalue weighted by atomic mass is 9.95. The molecule has 0 aromatic heterocycles. The van der Waals surface area contributed by atoms with E-state index in [1.54, 1.807) is 36.4 Å². The Morgan fingerprint density at radius 1 is 1.16 bits per heavy atom. The molecule has 0 saturated carbocycles. The minimum absolute atomic E-state index is 0.0460. The molecular formula is C23H24ClNO6. The first-order chi connectivity index (χ1) is 14.9. The summed E-state index contributed by atoms with van der Waals surface area (Å²) in [4.78, 5) is 27.3. The monoisotopic (exact) mass is 445 g/mol. The van der Waals surface area contributed by atoms with Crippen LogP contribution in [0.15, 0.2) is 48.0 Å². The van der Waals surface area contributed by atoms with Gasteiger partial charge in [0.2, 0.25) is 0 Å². The maximum Gasteiger partial charge on any atom is 0.295 e. The number of ether oxygens (including phenoxy) is 3. The molecule has 2 aromatic rings. The van der Waals surface area contributed by atoms with Gasteiger partial charge in [0.1, 0.15) is 17.3 Å². The molecule has 1 atom stereocenters. The Labute approximate surface area is 185 Å². The number of carbonyl (C=O) groups excluding carboxylic acids is 2. The van der Waals surface area contributed by atoms with Gasteiger partial charge in [-0.2, -0.15) is 0 Å². The number of Topliss-reactive ketones (excluding diaryl/α,β-unsaturated/α-hetero) is 1. The van der Waals surface area contributed by atoms with Crippen LogP contribution in [0.5, 0.6) is 11.5 Å². The van der Waals surface area contributed by atoms with Gasteiger partial charge in [0, 0.05) is 18.7 Å². The van der Waals surface area contributed by atoms with Crippen molar-refractivity contribution in [1.82, 2.24) is 4.90 Å². The predicted molar refractivity (Wildman–Crippen MR) is 117 cm³/mol. The van der Waals surface area contributed by atoms with Gasteiger partial charge in [-0.3, -0.25) is 9.59 Å². The summed E-state index contributed by atoms with van der Waals surface area (Å²) in [5.74, 6) is -0.942. The van der Waals surface area contributed by atoms with Gasteiger partial charge in [-0.1, -0.05) is 23.7 Å². The summed E-state index contributed by atoms with van der Waals surface area (Å²) in [6.07, 6.45) is 0. The Morgan fingerprint density at radius 3 is 2.61 bits per heavy atom. The van der Waals surface area contributed by atoms with Gasteiger partial charge >= 0.3 is 0 Å². The van der Waals surface area contributed by atoms with E-state index in [1.807, 2.05) is 6.92 Å². The lowest BCUT2D eigenvalue weighted by Crippen LogP contribution is -2.32. The molecule has 1 aliphatic heterocycles. The third-order valence-corrected chi connectivity index (χ3v) is 5.21. The number of ketones is 1. The van der Waals surface area contributed by atoms with Gasteiger partial charge in [-0.25, -0.2) is 0 Å². The molecule has 0 aliphatic carbocycles. The number of aliphatic hydroxyl groups is 1. The Balaban J connectivity index is 2.22. The van der Waals surface area contributed by atoms with Crippen LogP contribution in [-0.2, 0) is 14.3 Å². The quantitative estimate of drug-likeness (QED) is 0.378. The summed E-state index contributed by atoms with van der Waals surface area (Å²) in [6.45, 7) is 2.74. The largest absolute Gasteiger partial charge is 0.507 e. The molecular weight excluding hydrogens is 422 g/mol. The Hall–Kier alpha value is -3.03. The zero-order chi connectivity index (χ0) is 22.5. The third kappa shape index (κ3) is 4.52. The summed E-state index contributed by atoms with van der Waals surface area (Å²) >= 11 is 6.11. The van der Waals surface area contributed by atoms with Crippen molar-refractivity contribution >= 4 is 29.1 Å². The van der Waals surface area contributed by atoms with Crippen LogP contribution in [0.25, 0.3) is 5.76 Å². The molecule has 0 spiro atoms. The molecule has 1 unspecified atom stereocenters. The van der Waals surface area contributed by atoms with E-state index < -0.39 is 17.7 Å².